The highest BCUT2D eigenvalue weighted by atomic mass is 15.1. The summed E-state index contributed by atoms with van der Waals surface area (Å²) in [5.74, 6) is 0. The van der Waals surface area contributed by atoms with Gasteiger partial charge in [-0.1, -0.05) is 154 Å². The molecule has 0 atom stereocenters. The van der Waals surface area contributed by atoms with Crippen molar-refractivity contribution in [2.24, 2.45) is 0 Å². The highest BCUT2D eigenvalue weighted by molar-refractivity contribution is 5.88. The Morgan fingerprint density at radius 3 is 0.906 bits per heavy atom. The highest BCUT2D eigenvalue weighted by Crippen LogP contribution is 2.35. The molecule has 20 rings (SSSR count). The van der Waals surface area contributed by atoms with Crippen molar-refractivity contribution < 1.29 is 36.5 Å². The summed E-state index contributed by atoms with van der Waals surface area (Å²) in [5.41, 5.74) is 36.3. The minimum atomic E-state index is 0.0233. The number of para-hydroxylation sites is 2. The van der Waals surface area contributed by atoms with Gasteiger partial charge >= 0.3 is 0 Å². The molecule has 9 nitrogen and oxygen atoms in total. The quantitative estimate of drug-likeness (QED) is 0.107. The van der Waals surface area contributed by atoms with E-state index in [0.29, 0.717) is 5.69 Å². The van der Waals surface area contributed by atoms with E-state index in [1.54, 1.807) is 0 Å². The second-order valence-electron chi connectivity index (χ2n) is 36.2. The third-order valence-electron chi connectivity index (χ3n) is 26.3. The van der Waals surface area contributed by atoms with Gasteiger partial charge in [0.05, 0.1) is 28.8 Å². The van der Waals surface area contributed by atoms with Gasteiger partial charge in [-0.25, -0.2) is 4.85 Å². The average Bonchev–Trinajstić information content (AvgIpc) is 0.780. The maximum atomic E-state index is 7.79. The van der Waals surface area contributed by atoms with E-state index in [0.717, 1.165) is 33.8 Å². The summed E-state index contributed by atoms with van der Waals surface area (Å²) in [6.45, 7) is 54.4. The molecule has 0 unspecified atom stereocenters. The Morgan fingerprint density at radius 2 is 0.523 bits per heavy atom. The monoisotopic (exact) mass is 1670 g/mol. The van der Waals surface area contributed by atoms with E-state index in [9.17, 15) is 0 Å². The molecule has 628 valence electrons. The number of hydrogen-bond donors (Lipinski definition) is 0. The molecule has 0 saturated carbocycles. The second-order valence-corrected chi connectivity index (χ2v) is 36.2. The summed E-state index contributed by atoms with van der Waals surface area (Å²) >= 11 is 0. The molecule has 0 saturated heterocycles. The topological polar surface area (TPSA) is 35.4 Å². The van der Waals surface area contributed by atoms with Gasteiger partial charge in [0.2, 0.25) is 56.5 Å². The van der Waals surface area contributed by atoms with E-state index < -0.39 is 0 Å². The molecule has 12 aromatic carbocycles. The van der Waals surface area contributed by atoms with Crippen LogP contribution in [0.3, 0.4) is 0 Å². The number of aryl methyl sites for hydroxylation is 14. The SMILES string of the molecule is Cc1c(-[n+]2c(C)cc3ccccc3c2C)cc(C(C)(C)C)cc1-[n+]1c(C)ccc2ccccc21.Cc1cc(-[n+]2cc3ccccc3cc2C)c(C)c(-[n+]2c(C)cc3ccccc3c2C)c1.Cc1cc(C)c(-[n+]2cc3ccccc3cc2C)c(C)c1-[n+]1cc2ccccc2cc1C.[C-]#[N+]c1cc(-[n+]2c(C)cc3ccccc3c2C)c(C)c(-[n+]2c(C)ccc3ccccc32)c1. The Kier molecular flexibility index (Phi) is 23.2. The predicted molar refractivity (Wildman–Crippen MR) is 528 cm³/mol. The number of fused-ring (bicyclic) bond motifs is 8. The molecule has 0 aliphatic rings. The van der Waals surface area contributed by atoms with Gasteiger partial charge in [0.25, 0.3) is 0 Å². The molecule has 128 heavy (non-hydrogen) atoms. The molecular weight excluding hydrogens is 1560 g/mol. The van der Waals surface area contributed by atoms with Crippen LogP contribution in [0.25, 0.3) is 137 Å². The zero-order chi connectivity index (χ0) is 90.0. The summed E-state index contributed by atoms with van der Waals surface area (Å²) in [4.78, 5) is 3.84. The maximum Gasteiger partial charge on any atom is 0.223 e. The lowest BCUT2D eigenvalue weighted by Gasteiger charge is -2.21. The Balaban J connectivity index is 0.000000120. The summed E-state index contributed by atoms with van der Waals surface area (Å²) in [6, 6.07) is 107. The van der Waals surface area contributed by atoms with Crippen LogP contribution in [0.5, 0.6) is 0 Å². The number of benzene rings is 12. The first kappa shape index (κ1) is 85.6. The van der Waals surface area contributed by atoms with E-state index in [-0.39, 0.29) is 5.41 Å². The molecule has 0 aliphatic carbocycles. The molecule has 0 radical (unpaired) electrons. The molecule has 8 aromatic heterocycles. The van der Waals surface area contributed by atoms with Gasteiger partial charge in [-0.15, -0.1) is 0 Å². The van der Waals surface area contributed by atoms with E-state index in [2.05, 4.69) is 490 Å². The van der Waals surface area contributed by atoms with Crippen LogP contribution in [0.15, 0.2) is 316 Å². The van der Waals surface area contributed by atoms with Gasteiger partial charge in [0.1, 0.15) is 0 Å². The molecule has 0 amide bonds. The van der Waals surface area contributed by atoms with Gasteiger partial charge in [-0.3, -0.25) is 0 Å². The maximum absolute atomic E-state index is 7.79. The van der Waals surface area contributed by atoms with Crippen molar-refractivity contribution in [1.82, 2.24) is 0 Å². The van der Waals surface area contributed by atoms with Crippen molar-refractivity contribution in [3.63, 3.8) is 0 Å². The highest BCUT2D eigenvalue weighted by Gasteiger charge is 2.35. The Hall–Kier alpha value is -14.6. The van der Waals surface area contributed by atoms with Crippen LogP contribution in [-0.2, 0) is 5.41 Å². The normalized spacial score (nSPS) is 11.5. The van der Waals surface area contributed by atoms with Gasteiger partial charge in [0.15, 0.2) is 86.9 Å². The fraction of sp³-hybridized carbons (Fsp3) is 0.185. The first-order valence-electron chi connectivity index (χ1n) is 44.7. The van der Waals surface area contributed by atoms with Gasteiger partial charge in [0, 0.05) is 227 Å². The molecule has 9 heteroatoms. The van der Waals surface area contributed by atoms with Crippen molar-refractivity contribution in [3.05, 3.63) is 434 Å². The summed E-state index contributed by atoms with van der Waals surface area (Å²) in [7, 11) is 0. The van der Waals surface area contributed by atoms with Crippen molar-refractivity contribution in [3.8, 4) is 45.5 Å². The summed E-state index contributed by atoms with van der Waals surface area (Å²) in [6.07, 6.45) is 6.81. The van der Waals surface area contributed by atoms with Crippen molar-refractivity contribution in [2.75, 3.05) is 0 Å². The van der Waals surface area contributed by atoms with Crippen molar-refractivity contribution in [2.45, 2.75) is 151 Å². The molecule has 0 N–H and O–H groups in total. The Morgan fingerprint density at radius 1 is 0.234 bits per heavy atom. The number of aromatic nitrogens is 8. The standard InChI is InChI=1S/C32H34N2.C29H25N3.2C29H28N2/c1-21-16-17-25-12-9-11-15-29(25)34(21)31-20-27(32(5,6)7)19-30(23(31)3)33-22(2)18-26-13-8-10-14-28(26)24(33)4;1-19-14-15-23-10-7-9-13-27(23)32(19)29-18-25(30-5)17-28(21(29)3)31-20(2)16-24-11-6-8-12-26(24)22(31)4;1-19-14-20(2)29(31-18-27-13-9-7-11-25(27)16-22(31)4)23(5)28(19)30-17-26-12-8-6-10-24(26)15-21(30)3;1-19-14-28(30-18-26-12-7-6-10-24(26)16-20(30)2)22(4)29(15-19)31-21(3)17-25-11-8-9-13-27(25)23(31)5/h8-20H,1-7H3;6-18H,1-4H3;2*6-18H,1-5H3/q4*+2. The Labute approximate surface area is 754 Å². The summed E-state index contributed by atoms with van der Waals surface area (Å²) in [5, 5.41) is 17.6. The first-order chi connectivity index (χ1) is 61.5. The fourth-order valence-corrected chi connectivity index (χ4v) is 19.9. The van der Waals surface area contributed by atoms with Crippen LogP contribution in [0.4, 0.5) is 5.69 Å². The molecule has 0 aliphatic heterocycles. The Bertz CT molecular complexity index is 7860. The molecule has 20 aromatic rings. The van der Waals surface area contributed by atoms with Crippen LogP contribution >= 0.6 is 0 Å². The van der Waals surface area contributed by atoms with Crippen molar-refractivity contribution in [1.29, 1.82) is 0 Å². The van der Waals surface area contributed by atoms with Crippen LogP contribution in [-0.4, -0.2) is 0 Å². The lowest BCUT2D eigenvalue weighted by atomic mass is 9.85. The molecule has 0 spiro atoms. The zero-order valence-corrected chi connectivity index (χ0v) is 78.0. The van der Waals surface area contributed by atoms with E-state index in [1.165, 1.54) is 205 Å². The molecule has 0 bridgehead atoms. The van der Waals surface area contributed by atoms with Crippen LogP contribution in [0.2, 0.25) is 0 Å². The molecular formula is C119H115N9+8. The van der Waals surface area contributed by atoms with Gasteiger partial charge < -0.3 is 0 Å². The van der Waals surface area contributed by atoms with Crippen LogP contribution in [0.1, 0.15) is 128 Å². The minimum absolute atomic E-state index is 0.0233. The van der Waals surface area contributed by atoms with Gasteiger partial charge in [-0.05, 0) is 164 Å². The summed E-state index contributed by atoms with van der Waals surface area (Å²) < 4.78 is 18.9. The van der Waals surface area contributed by atoms with E-state index in [1.807, 2.05) is 12.1 Å². The van der Waals surface area contributed by atoms with Gasteiger partial charge in [-0.2, -0.15) is 36.5 Å². The lowest BCUT2D eigenvalue weighted by molar-refractivity contribution is -0.614. The van der Waals surface area contributed by atoms with Crippen LogP contribution in [0, 0.1) is 131 Å². The third-order valence-corrected chi connectivity index (χ3v) is 26.3. The predicted octanol–water partition coefficient (Wildman–Crippen LogP) is 25.6. The number of hydrogen-bond acceptors (Lipinski definition) is 0. The number of rotatable bonds is 8. The third kappa shape index (κ3) is 16.0. The minimum Gasteiger partial charge on any atom is -0.238 e. The van der Waals surface area contributed by atoms with E-state index >= 15 is 0 Å². The smallest absolute Gasteiger partial charge is 0.223 e. The van der Waals surface area contributed by atoms with E-state index in [4.69, 9.17) is 6.57 Å². The van der Waals surface area contributed by atoms with Crippen LogP contribution < -0.4 is 36.5 Å². The molecule has 0 fully saturated rings. The number of pyridine rings is 8. The lowest BCUT2D eigenvalue weighted by Crippen LogP contribution is -2.42. The second kappa shape index (κ2) is 34.7. The first-order valence-corrected chi connectivity index (χ1v) is 44.7. The average molecular weight is 1670 g/mol. The van der Waals surface area contributed by atoms with Crippen molar-refractivity contribution >= 4 is 92.1 Å². The largest absolute Gasteiger partial charge is 0.238 e. The zero-order valence-electron chi connectivity index (χ0n) is 78.0. The fourth-order valence-electron chi connectivity index (χ4n) is 19.9. The molecule has 8 heterocycles. The number of nitrogens with zero attached hydrogens (tertiary/aromatic N) is 9.